The summed E-state index contributed by atoms with van der Waals surface area (Å²) >= 11 is 2.87. The first-order chi connectivity index (χ1) is 19.5. The molecule has 1 aliphatic rings. The first-order valence-corrected chi connectivity index (χ1v) is 13.7. The average molecular weight is 577 g/mol. The van der Waals surface area contributed by atoms with Gasteiger partial charge in [-0.25, -0.2) is 9.97 Å². The quantitative estimate of drug-likeness (QED) is 0.189. The van der Waals surface area contributed by atoms with E-state index < -0.39 is 0 Å². The molecule has 12 heteroatoms. The fourth-order valence-corrected chi connectivity index (χ4v) is 5.77. The molecule has 204 valence electrons. The van der Waals surface area contributed by atoms with E-state index in [2.05, 4.69) is 20.3 Å². The lowest BCUT2D eigenvalue weighted by molar-refractivity contribution is -0.113. The molecule has 0 fully saturated rings. The zero-order valence-corrected chi connectivity index (χ0v) is 23.4. The second-order valence-electron chi connectivity index (χ2n) is 8.34. The van der Waals surface area contributed by atoms with Crippen molar-refractivity contribution in [3.8, 4) is 17.2 Å². The Kier molecular flexibility index (Phi) is 8.39. The van der Waals surface area contributed by atoms with Gasteiger partial charge in [0.25, 0.3) is 0 Å². The number of hydrogen-bond acceptors (Lipinski definition) is 12. The van der Waals surface area contributed by atoms with Crippen LogP contribution in [0.5, 0.6) is 17.2 Å². The summed E-state index contributed by atoms with van der Waals surface area (Å²) in [5, 5.41) is 4.02. The third-order valence-corrected chi connectivity index (χ3v) is 7.89. The van der Waals surface area contributed by atoms with Crippen LogP contribution in [0, 0.1) is 0 Å². The molecule has 40 heavy (non-hydrogen) atoms. The van der Waals surface area contributed by atoms with Crippen molar-refractivity contribution < 1.29 is 28.5 Å². The van der Waals surface area contributed by atoms with Gasteiger partial charge in [-0.05, 0) is 30.4 Å². The van der Waals surface area contributed by atoms with Gasteiger partial charge in [0.15, 0.2) is 23.1 Å². The molecule has 1 aliphatic carbocycles. The predicted octanol–water partition coefficient (Wildman–Crippen LogP) is 5.11. The van der Waals surface area contributed by atoms with Crippen LogP contribution >= 0.6 is 23.1 Å². The van der Waals surface area contributed by atoms with Crippen molar-refractivity contribution in [1.29, 1.82) is 0 Å². The van der Waals surface area contributed by atoms with E-state index in [0.717, 1.165) is 4.21 Å². The lowest BCUT2D eigenvalue weighted by Gasteiger charge is -2.18. The highest BCUT2D eigenvalue weighted by molar-refractivity contribution is 8.01. The monoisotopic (exact) mass is 576 g/mol. The molecule has 2 heterocycles. The zero-order chi connectivity index (χ0) is 28.1. The number of ketones is 2. The summed E-state index contributed by atoms with van der Waals surface area (Å²) in [7, 11) is 4.72. The summed E-state index contributed by atoms with van der Waals surface area (Å²) in [4.78, 5) is 38.8. The van der Waals surface area contributed by atoms with Gasteiger partial charge in [-0.2, -0.15) is 0 Å². The Morgan fingerprint density at radius 1 is 0.950 bits per heavy atom. The molecule has 2 aromatic carbocycles. The summed E-state index contributed by atoms with van der Waals surface area (Å²) < 4.78 is 23.1. The fourth-order valence-electron chi connectivity index (χ4n) is 4.01. The van der Waals surface area contributed by atoms with Crippen LogP contribution in [-0.2, 0) is 14.3 Å². The van der Waals surface area contributed by atoms with E-state index in [9.17, 15) is 9.59 Å². The number of nitrogens with one attached hydrogen (secondary N) is 1. The first kappa shape index (κ1) is 27.3. The Morgan fingerprint density at radius 3 is 2.55 bits per heavy atom. The smallest absolute Gasteiger partial charge is 0.186 e. The second kappa shape index (κ2) is 12.3. The largest absolute Gasteiger partial charge is 0.495 e. The molecular formula is C28H24N4O6S2. The first-order valence-electron chi connectivity index (χ1n) is 12.0. The van der Waals surface area contributed by atoms with E-state index >= 15 is 0 Å². The standard InChI is InChI=1S/C28H24N4O6S2/c1-35-6-7-38-24-12-21-20(11-23(24)36-2)28(31-14-30-21)32-16-8-19(18-10-17(33)4-5-22(18)34)27(25(9-16)37-3)40-26-13-29-15-39-26/h4-5,8-15H,6-7H2,1-3H3,(H,30,31,32). The molecular weight excluding hydrogens is 552 g/mol. The average Bonchev–Trinajstić information content (AvgIpc) is 3.48. The van der Waals surface area contributed by atoms with Gasteiger partial charge in [-0.15, -0.1) is 11.3 Å². The molecule has 0 amide bonds. The van der Waals surface area contributed by atoms with E-state index in [1.165, 1.54) is 47.7 Å². The lowest BCUT2D eigenvalue weighted by Crippen LogP contribution is -2.09. The molecule has 0 aliphatic heterocycles. The van der Waals surface area contributed by atoms with Crippen molar-refractivity contribution >= 4 is 62.6 Å². The number of rotatable bonds is 11. The van der Waals surface area contributed by atoms with Crippen LogP contribution in [0.4, 0.5) is 11.5 Å². The number of carbonyl (C=O) groups excluding carboxylic acids is 2. The normalized spacial score (nSPS) is 12.9. The number of thiazole rings is 1. The summed E-state index contributed by atoms with van der Waals surface area (Å²) in [6, 6.07) is 7.19. The maximum absolute atomic E-state index is 12.9. The minimum atomic E-state index is -0.275. The lowest BCUT2D eigenvalue weighted by atomic mass is 9.95. The highest BCUT2D eigenvalue weighted by Gasteiger charge is 2.23. The zero-order valence-electron chi connectivity index (χ0n) is 21.8. The van der Waals surface area contributed by atoms with E-state index in [4.69, 9.17) is 18.9 Å². The third-order valence-electron chi connectivity index (χ3n) is 5.86. The van der Waals surface area contributed by atoms with Gasteiger partial charge in [0.05, 0.1) is 47.2 Å². The maximum atomic E-state index is 12.9. The molecule has 1 N–H and O–H groups in total. The van der Waals surface area contributed by atoms with Crippen LogP contribution in [0.15, 0.2) is 69.6 Å². The number of anilines is 2. The van der Waals surface area contributed by atoms with Crippen molar-refractivity contribution in [1.82, 2.24) is 15.0 Å². The SMILES string of the molecule is COCCOc1cc2ncnc(Nc3cc(OC)c(Sc4cncs4)c(C4=CC(=O)C=CC4=O)c3)c2cc1OC. The summed E-state index contributed by atoms with van der Waals surface area (Å²) in [5.41, 5.74) is 3.78. The Labute approximate surface area is 238 Å². The Morgan fingerprint density at radius 2 is 1.80 bits per heavy atom. The number of carbonyl (C=O) groups is 2. The number of fused-ring (bicyclic) bond motifs is 1. The highest BCUT2D eigenvalue weighted by Crippen LogP contribution is 2.45. The Hall–Kier alpha value is -4.26. The Balaban J connectivity index is 1.59. The van der Waals surface area contributed by atoms with Gasteiger partial charge in [-0.1, -0.05) is 11.8 Å². The number of benzene rings is 2. The van der Waals surface area contributed by atoms with Crippen LogP contribution in [0.1, 0.15) is 5.56 Å². The van der Waals surface area contributed by atoms with Crippen LogP contribution in [0.25, 0.3) is 16.5 Å². The van der Waals surface area contributed by atoms with Crippen molar-refractivity contribution in [3.63, 3.8) is 0 Å². The minimum Gasteiger partial charge on any atom is -0.495 e. The predicted molar refractivity (Wildman–Crippen MR) is 153 cm³/mol. The van der Waals surface area contributed by atoms with Gasteiger partial charge in [0.2, 0.25) is 0 Å². The molecule has 4 aromatic rings. The number of methoxy groups -OCH3 is 3. The third kappa shape index (κ3) is 5.83. The molecule has 10 nitrogen and oxygen atoms in total. The molecule has 5 rings (SSSR count). The van der Waals surface area contributed by atoms with Gasteiger partial charge in [-0.3, -0.25) is 14.6 Å². The highest BCUT2D eigenvalue weighted by atomic mass is 32.2. The number of hydrogen-bond donors (Lipinski definition) is 1. The molecule has 0 saturated heterocycles. The molecule has 0 spiro atoms. The number of nitrogens with zero attached hydrogens (tertiary/aromatic N) is 3. The molecule has 0 bridgehead atoms. The van der Waals surface area contributed by atoms with Gasteiger partial charge in [0, 0.05) is 41.5 Å². The van der Waals surface area contributed by atoms with Crippen LogP contribution in [0.3, 0.4) is 0 Å². The molecule has 2 aromatic heterocycles. The van der Waals surface area contributed by atoms with E-state index in [0.29, 0.717) is 63.3 Å². The van der Waals surface area contributed by atoms with Crippen LogP contribution < -0.4 is 19.5 Å². The van der Waals surface area contributed by atoms with Gasteiger partial charge < -0.3 is 24.3 Å². The van der Waals surface area contributed by atoms with Crippen molar-refractivity contribution in [2.75, 3.05) is 39.9 Å². The van der Waals surface area contributed by atoms with Crippen LogP contribution in [0.2, 0.25) is 0 Å². The molecule has 0 atom stereocenters. The Bertz CT molecular complexity index is 1640. The topological polar surface area (TPSA) is 122 Å². The van der Waals surface area contributed by atoms with Crippen LogP contribution in [-0.4, -0.2) is 61.1 Å². The van der Waals surface area contributed by atoms with Crippen molar-refractivity contribution in [3.05, 3.63) is 66.1 Å². The maximum Gasteiger partial charge on any atom is 0.186 e. The van der Waals surface area contributed by atoms with Gasteiger partial charge in [0.1, 0.15) is 24.5 Å². The summed E-state index contributed by atoms with van der Waals surface area (Å²) in [6.07, 6.45) is 7.06. The van der Waals surface area contributed by atoms with E-state index in [-0.39, 0.29) is 17.1 Å². The number of allylic oxidation sites excluding steroid dienone is 4. The van der Waals surface area contributed by atoms with E-state index in [1.807, 2.05) is 6.07 Å². The summed E-state index contributed by atoms with van der Waals surface area (Å²) in [5.74, 6) is 1.52. The van der Waals surface area contributed by atoms with E-state index in [1.54, 1.807) is 51.2 Å². The fraction of sp³-hybridized carbons (Fsp3) is 0.179. The molecule has 0 saturated carbocycles. The second-order valence-corrected chi connectivity index (χ2v) is 10.5. The van der Waals surface area contributed by atoms with Crippen molar-refractivity contribution in [2.24, 2.45) is 0 Å². The number of ether oxygens (including phenoxy) is 4. The molecule has 0 unspecified atom stereocenters. The number of aromatic nitrogens is 3. The summed E-state index contributed by atoms with van der Waals surface area (Å²) in [6.45, 7) is 0.787. The van der Waals surface area contributed by atoms with Gasteiger partial charge >= 0.3 is 0 Å². The van der Waals surface area contributed by atoms with Crippen molar-refractivity contribution in [2.45, 2.75) is 9.10 Å². The minimum absolute atomic E-state index is 0.266. The molecule has 0 radical (unpaired) electrons.